The van der Waals surface area contributed by atoms with Gasteiger partial charge in [-0.2, -0.15) is 0 Å². The van der Waals surface area contributed by atoms with Gasteiger partial charge in [0.1, 0.15) is 11.5 Å². The largest absolute Gasteiger partial charge is 0.508 e. The number of carbonyl (C=O) groups excluding carboxylic acids is 2. The molecule has 19 heavy (non-hydrogen) atoms. The zero-order chi connectivity index (χ0) is 14.4. The second kappa shape index (κ2) is 6.63. The molecule has 0 aliphatic rings. The Morgan fingerprint density at radius 3 is 2.58 bits per heavy atom. The highest BCUT2D eigenvalue weighted by molar-refractivity contribution is 5.96. The summed E-state index contributed by atoms with van der Waals surface area (Å²) in [5.41, 5.74) is 0.110. The van der Waals surface area contributed by atoms with E-state index < -0.39 is 0 Å². The third-order valence-corrected chi connectivity index (χ3v) is 2.66. The molecule has 0 unspecified atom stereocenters. The molecule has 0 spiro atoms. The van der Waals surface area contributed by atoms with Crippen LogP contribution in [0.3, 0.4) is 0 Å². The first kappa shape index (κ1) is 14.8. The number of esters is 1. The molecule has 0 aromatic heterocycles. The van der Waals surface area contributed by atoms with Crippen molar-refractivity contribution in [3.63, 3.8) is 0 Å². The number of benzene rings is 1. The molecule has 2 N–H and O–H groups in total. The highest BCUT2D eigenvalue weighted by Crippen LogP contribution is 2.23. The smallest absolute Gasteiger partial charge is 0.305 e. The van der Waals surface area contributed by atoms with Gasteiger partial charge in [0.25, 0.3) is 5.91 Å². The third kappa shape index (κ3) is 4.17. The van der Waals surface area contributed by atoms with E-state index in [9.17, 15) is 14.7 Å². The summed E-state index contributed by atoms with van der Waals surface area (Å²) in [5, 5.41) is 18.7. The van der Waals surface area contributed by atoms with Crippen molar-refractivity contribution in [2.24, 2.45) is 0 Å². The maximum absolute atomic E-state index is 12.0. The Bertz CT molecular complexity index is 472. The maximum atomic E-state index is 12.0. The lowest BCUT2D eigenvalue weighted by Gasteiger charge is -2.17. The summed E-state index contributed by atoms with van der Waals surface area (Å²) in [4.78, 5) is 24.3. The predicted molar refractivity (Wildman–Crippen MR) is 68.0 cm³/mol. The van der Waals surface area contributed by atoms with Gasteiger partial charge < -0.3 is 19.8 Å². The van der Waals surface area contributed by atoms with Gasteiger partial charge >= 0.3 is 5.97 Å². The van der Waals surface area contributed by atoms with Crippen LogP contribution < -0.4 is 0 Å². The zero-order valence-electron chi connectivity index (χ0n) is 10.9. The molecule has 1 aromatic carbocycles. The lowest BCUT2D eigenvalue weighted by molar-refractivity contribution is -0.140. The number of phenolic OH excluding ortho intramolecular Hbond substituents is 2. The molecule has 0 radical (unpaired) electrons. The quantitative estimate of drug-likeness (QED) is 0.781. The van der Waals surface area contributed by atoms with Crippen molar-refractivity contribution >= 4 is 11.9 Å². The van der Waals surface area contributed by atoms with Crippen LogP contribution >= 0.6 is 0 Å². The van der Waals surface area contributed by atoms with Crippen molar-refractivity contribution in [1.82, 2.24) is 4.90 Å². The molecule has 0 saturated carbocycles. The highest BCUT2D eigenvalue weighted by Gasteiger charge is 2.16. The molecule has 0 aliphatic carbocycles. The van der Waals surface area contributed by atoms with Gasteiger partial charge in [0.15, 0.2) is 0 Å². The van der Waals surface area contributed by atoms with Crippen LogP contribution in [-0.2, 0) is 9.53 Å². The topological polar surface area (TPSA) is 87.1 Å². The second-order valence-corrected chi connectivity index (χ2v) is 4.11. The van der Waals surface area contributed by atoms with Crippen molar-refractivity contribution in [2.75, 3.05) is 20.7 Å². The average Bonchev–Trinajstić information content (AvgIpc) is 2.37. The molecule has 1 amide bonds. The molecule has 6 nitrogen and oxygen atoms in total. The number of hydrogen-bond donors (Lipinski definition) is 2. The zero-order valence-corrected chi connectivity index (χ0v) is 10.9. The van der Waals surface area contributed by atoms with Crippen LogP contribution in [0.4, 0.5) is 0 Å². The van der Waals surface area contributed by atoms with E-state index in [1.807, 2.05) is 0 Å². The van der Waals surface area contributed by atoms with E-state index in [2.05, 4.69) is 4.74 Å². The van der Waals surface area contributed by atoms with Crippen molar-refractivity contribution < 1.29 is 24.5 Å². The van der Waals surface area contributed by atoms with Crippen LogP contribution in [0.1, 0.15) is 23.2 Å². The van der Waals surface area contributed by atoms with Gasteiger partial charge in [0.2, 0.25) is 0 Å². The van der Waals surface area contributed by atoms with E-state index in [0.29, 0.717) is 13.0 Å². The molecule has 6 heteroatoms. The molecule has 1 rings (SSSR count). The van der Waals surface area contributed by atoms with Crippen LogP contribution in [0.5, 0.6) is 11.5 Å². The fourth-order valence-electron chi connectivity index (χ4n) is 1.57. The van der Waals surface area contributed by atoms with E-state index in [1.165, 1.54) is 24.1 Å². The number of nitrogens with zero attached hydrogens (tertiary/aromatic N) is 1. The fourth-order valence-corrected chi connectivity index (χ4v) is 1.57. The first-order valence-corrected chi connectivity index (χ1v) is 5.80. The predicted octanol–water partition coefficient (Wildman–Crippen LogP) is 1.12. The van der Waals surface area contributed by atoms with Crippen LogP contribution in [0.2, 0.25) is 0 Å². The summed E-state index contributed by atoms with van der Waals surface area (Å²) in [5.74, 6) is -1.08. The van der Waals surface area contributed by atoms with E-state index in [4.69, 9.17) is 5.11 Å². The second-order valence-electron chi connectivity index (χ2n) is 4.11. The number of aromatic hydroxyl groups is 2. The van der Waals surface area contributed by atoms with Crippen LogP contribution in [-0.4, -0.2) is 47.7 Å². The molecule has 0 aliphatic heterocycles. The standard InChI is InChI=1S/C13H17NO5/c1-14(7-3-4-12(17)19-2)13(18)10-6-5-9(15)8-11(10)16/h5-6,8,15-16H,3-4,7H2,1-2H3. The Hall–Kier alpha value is -2.24. The monoisotopic (exact) mass is 267 g/mol. The summed E-state index contributed by atoms with van der Waals surface area (Å²) in [6, 6.07) is 3.79. The number of carbonyl (C=O) groups is 2. The van der Waals surface area contributed by atoms with Crippen LogP contribution in [0, 0.1) is 0 Å². The number of rotatable bonds is 5. The minimum absolute atomic E-state index is 0.109. The first-order chi connectivity index (χ1) is 8.95. The third-order valence-electron chi connectivity index (χ3n) is 2.66. The van der Waals surface area contributed by atoms with Gasteiger partial charge in [-0.15, -0.1) is 0 Å². The maximum Gasteiger partial charge on any atom is 0.305 e. The lowest BCUT2D eigenvalue weighted by Crippen LogP contribution is -2.28. The molecule has 0 saturated heterocycles. The number of phenols is 2. The van der Waals surface area contributed by atoms with E-state index in [0.717, 1.165) is 6.07 Å². The number of amides is 1. The Balaban J connectivity index is 2.59. The average molecular weight is 267 g/mol. The van der Waals surface area contributed by atoms with Gasteiger partial charge in [-0.05, 0) is 18.6 Å². The molecule has 0 fully saturated rings. The normalized spacial score (nSPS) is 10.0. The summed E-state index contributed by atoms with van der Waals surface area (Å²) < 4.78 is 4.50. The lowest BCUT2D eigenvalue weighted by atomic mass is 10.1. The van der Waals surface area contributed by atoms with Gasteiger partial charge in [0.05, 0.1) is 12.7 Å². The van der Waals surface area contributed by atoms with Gasteiger partial charge in [0, 0.05) is 26.1 Å². The Morgan fingerprint density at radius 1 is 1.32 bits per heavy atom. The summed E-state index contributed by atoms with van der Waals surface area (Å²) in [6.07, 6.45) is 0.712. The van der Waals surface area contributed by atoms with E-state index >= 15 is 0 Å². The van der Waals surface area contributed by atoms with Crippen molar-refractivity contribution in [3.8, 4) is 11.5 Å². The number of hydrogen-bond acceptors (Lipinski definition) is 5. The van der Waals surface area contributed by atoms with Crippen LogP contribution in [0.15, 0.2) is 18.2 Å². The minimum atomic E-state index is -0.373. The van der Waals surface area contributed by atoms with E-state index in [-0.39, 0.29) is 35.4 Å². The molecular formula is C13H17NO5. The summed E-state index contributed by atoms with van der Waals surface area (Å²) >= 11 is 0. The Morgan fingerprint density at radius 2 is 2.00 bits per heavy atom. The highest BCUT2D eigenvalue weighted by atomic mass is 16.5. The molecule has 0 atom stereocenters. The Kier molecular flexibility index (Phi) is 5.17. The van der Waals surface area contributed by atoms with Crippen LogP contribution in [0.25, 0.3) is 0 Å². The van der Waals surface area contributed by atoms with Crippen molar-refractivity contribution in [1.29, 1.82) is 0 Å². The number of ether oxygens (including phenoxy) is 1. The molecular weight excluding hydrogens is 250 g/mol. The summed E-state index contributed by atoms with van der Waals surface area (Å²) in [7, 11) is 2.89. The molecule has 1 aromatic rings. The van der Waals surface area contributed by atoms with Crippen molar-refractivity contribution in [3.05, 3.63) is 23.8 Å². The first-order valence-electron chi connectivity index (χ1n) is 5.80. The number of methoxy groups -OCH3 is 1. The molecule has 104 valence electrons. The Labute approximate surface area is 111 Å². The van der Waals surface area contributed by atoms with E-state index in [1.54, 1.807) is 7.05 Å². The molecule has 0 bridgehead atoms. The molecule has 0 heterocycles. The SMILES string of the molecule is COC(=O)CCCN(C)C(=O)c1ccc(O)cc1O. The van der Waals surface area contributed by atoms with Gasteiger partial charge in [-0.3, -0.25) is 9.59 Å². The van der Waals surface area contributed by atoms with Gasteiger partial charge in [-0.1, -0.05) is 0 Å². The minimum Gasteiger partial charge on any atom is -0.508 e. The summed E-state index contributed by atoms with van der Waals surface area (Å²) in [6.45, 7) is 0.369. The van der Waals surface area contributed by atoms with Gasteiger partial charge in [-0.25, -0.2) is 0 Å². The fraction of sp³-hybridized carbons (Fsp3) is 0.385. The van der Waals surface area contributed by atoms with Crippen molar-refractivity contribution in [2.45, 2.75) is 12.8 Å².